The molecule has 0 bridgehead atoms. The molecular weight excluding hydrogens is 232 g/mol. The zero-order valence-electron chi connectivity index (χ0n) is 7.63. The smallest absolute Gasteiger partial charge is 0.200 e. The molecule has 4 nitrogen and oxygen atoms in total. The number of likely N-dealkylation sites (N-methyl/N-ethyl adjacent to an activating group) is 1. The van der Waals surface area contributed by atoms with Crippen molar-refractivity contribution in [3.8, 4) is 0 Å². The van der Waals surface area contributed by atoms with Crippen LogP contribution in [-0.4, -0.2) is 28.4 Å². The first-order chi connectivity index (χ1) is 6.33. The van der Waals surface area contributed by atoms with E-state index in [1.165, 1.54) is 12.8 Å². The number of rotatable bonds is 2. The molecule has 1 unspecified atom stereocenters. The maximum Gasteiger partial charge on any atom is 0.200 e. The van der Waals surface area contributed by atoms with Crippen molar-refractivity contribution in [2.24, 2.45) is 0 Å². The van der Waals surface area contributed by atoms with Gasteiger partial charge >= 0.3 is 0 Å². The van der Waals surface area contributed by atoms with E-state index in [2.05, 4.69) is 36.0 Å². The second kappa shape index (κ2) is 3.75. The van der Waals surface area contributed by atoms with Crippen LogP contribution < -0.4 is 5.32 Å². The zero-order chi connectivity index (χ0) is 9.26. The van der Waals surface area contributed by atoms with Crippen LogP contribution in [0.15, 0.2) is 4.73 Å². The standard InChI is InChI=1S/C8H13BrN4/c1-10-5-6-3-2-4-13-7(6)11-12-8(13)9/h6,10H,2-5H2,1H3. The molecule has 0 saturated heterocycles. The van der Waals surface area contributed by atoms with Gasteiger partial charge in [-0.25, -0.2) is 0 Å². The molecule has 1 atom stereocenters. The van der Waals surface area contributed by atoms with Gasteiger partial charge in [0.15, 0.2) is 4.73 Å². The summed E-state index contributed by atoms with van der Waals surface area (Å²) in [6, 6.07) is 0. The highest BCUT2D eigenvalue weighted by Gasteiger charge is 2.23. The minimum atomic E-state index is 0.526. The van der Waals surface area contributed by atoms with Crippen LogP contribution >= 0.6 is 15.9 Å². The van der Waals surface area contributed by atoms with Crippen molar-refractivity contribution in [1.29, 1.82) is 0 Å². The van der Waals surface area contributed by atoms with Gasteiger partial charge in [0.2, 0.25) is 0 Å². The summed E-state index contributed by atoms with van der Waals surface area (Å²) in [5.74, 6) is 1.64. The Kier molecular flexibility index (Phi) is 2.64. The number of hydrogen-bond acceptors (Lipinski definition) is 3. The van der Waals surface area contributed by atoms with E-state index in [1.807, 2.05) is 7.05 Å². The van der Waals surface area contributed by atoms with Gasteiger partial charge in [-0.3, -0.25) is 0 Å². The minimum Gasteiger partial charge on any atom is -0.319 e. The van der Waals surface area contributed by atoms with Crippen molar-refractivity contribution in [2.75, 3.05) is 13.6 Å². The van der Waals surface area contributed by atoms with Gasteiger partial charge in [-0.1, -0.05) is 0 Å². The molecule has 5 heteroatoms. The van der Waals surface area contributed by atoms with Gasteiger partial charge in [-0.2, -0.15) is 0 Å². The highest BCUT2D eigenvalue weighted by Crippen LogP contribution is 2.27. The molecule has 0 aliphatic carbocycles. The third kappa shape index (κ3) is 1.62. The highest BCUT2D eigenvalue weighted by atomic mass is 79.9. The molecule has 1 N–H and O–H groups in total. The number of fused-ring (bicyclic) bond motifs is 1. The Morgan fingerprint density at radius 3 is 3.23 bits per heavy atom. The summed E-state index contributed by atoms with van der Waals surface area (Å²) in [7, 11) is 1.98. The Morgan fingerprint density at radius 2 is 2.46 bits per heavy atom. The average Bonchev–Trinajstić information content (AvgIpc) is 2.50. The van der Waals surface area contributed by atoms with Crippen LogP contribution in [0, 0.1) is 0 Å². The zero-order valence-corrected chi connectivity index (χ0v) is 9.21. The molecule has 1 aliphatic heterocycles. The van der Waals surface area contributed by atoms with Gasteiger partial charge in [0, 0.05) is 19.0 Å². The van der Waals surface area contributed by atoms with Crippen molar-refractivity contribution in [3.63, 3.8) is 0 Å². The fourth-order valence-electron chi connectivity index (χ4n) is 1.87. The molecule has 1 aromatic rings. The summed E-state index contributed by atoms with van der Waals surface area (Å²) in [5, 5.41) is 11.4. The number of nitrogens with zero attached hydrogens (tertiary/aromatic N) is 3. The van der Waals surface area contributed by atoms with Crippen molar-refractivity contribution in [1.82, 2.24) is 20.1 Å². The van der Waals surface area contributed by atoms with Crippen molar-refractivity contribution < 1.29 is 0 Å². The largest absolute Gasteiger partial charge is 0.319 e. The van der Waals surface area contributed by atoms with E-state index in [9.17, 15) is 0 Å². The summed E-state index contributed by atoms with van der Waals surface area (Å²) in [6.45, 7) is 2.04. The molecule has 0 radical (unpaired) electrons. The Labute approximate surface area is 85.9 Å². The predicted molar refractivity (Wildman–Crippen MR) is 53.6 cm³/mol. The van der Waals surface area contributed by atoms with E-state index in [1.54, 1.807) is 0 Å². The highest BCUT2D eigenvalue weighted by molar-refractivity contribution is 9.10. The molecule has 0 saturated carbocycles. The Bertz CT molecular complexity index is 296. The summed E-state index contributed by atoms with van der Waals surface area (Å²) in [6.07, 6.45) is 2.43. The van der Waals surface area contributed by atoms with E-state index in [0.717, 1.165) is 23.6 Å². The van der Waals surface area contributed by atoms with Crippen molar-refractivity contribution in [2.45, 2.75) is 25.3 Å². The van der Waals surface area contributed by atoms with Crippen LogP contribution in [-0.2, 0) is 6.54 Å². The fraction of sp³-hybridized carbons (Fsp3) is 0.750. The first-order valence-electron chi connectivity index (χ1n) is 4.56. The lowest BCUT2D eigenvalue weighted by molar-refractivity contribution is 0.429. The lowest BCUT2D eigenvalue weighted by Crippen LogP contribution is -2.24. The van der Waals surface area contributed by atoms with Gasteiger partial charge in [-0.15, -0.1) is 10.2 Å². The van der Waals surface area contributed by atoms with E-state index in [4.69, 9.17) is 0 Å². The lowest BCUT2D eigenvalue weighted by atomic mass is 9.99. The fourth-order valence-corrected chi connectivity index (χ4v) is 2.31. The van der Waals surface area contributed by atoms with Crippen LogP contribution in [0.3, 0.4) is 0 Å². The molecular formula is C8H13BrN4. The van der Waals surface area contributed by atoms with Crippen LogP contribution in [0.1, 0.15) is 24.6 Å². The Morgan fingerprint density at radius 1 is 1.62 bits per heavy atom. The molecule has 0 fully saturated rings. The molecule has 2 rings (SSSR count). The Balaban J connectivity index is 2.27. The maximum atomic E-state index is 4.18. The molecule has 2 heterocycles. The van der Waals surface area contributed by atoms with E-state index >= 15 is 0 Å². The minimum absolute atomic E-state index is 0.526. The number of nitrogens with one attached hydrogen (secondary N) is 1. The van der Waals surface area contributed by atoms with E-state index < -0.39 is 0 Å². The number of halogens is 1. The lowest BCUT2D eigenvalue weighted by Gasteiger charge is -2.22. The first-order valence-corrected chi connectivity index (χ1v) is 5.35. The van der Waals surface area contributed by atoms with Crippen LogP contribution in [0.4, 0.5) is 0 Å². The SMILES string of the molecule is CNCC1CCCn2c(Br)nnc21. The predicted octanol–water partition coefficient (Wildman–Crippen LogP) is 1.14. The van der Waals surface area contributed by atoms with E-state index in [-0.39, 0.29) is 0 Å². The van der Waals surface area contributed by atoms with Gasteiger partial charge in [0.1, 0.15) is 5.82 Å². The Hall–Kier alpha value is -0.420. The molecule has 1 aromatic heterocycles. The molecule has 0 aromatic carbocycles. The number of aromatic nitrogens is 3. The molecule has 13 heavy (non-hydrogen) atoms. The normalized spacial score (nSPS) is 21.5. The second-order valence-corrected chi connectivity index (χ2v) is 4.08. The van der Waals surface area contributed by atoms with Crippen molar-refractivity contribution in [3.05, 3.63) is 10.6 Å². The summed E-state index contributed by atoms with van der Waals surface area (Å²) in [4.78, 5) is 0. The summed E-state index contributed by atoms with van der Waals surface area (Å²) >= 11 is 3.40. The second-order valence-electron chi connectivity index (χ2n) is 3.38. The number of hydrogen-bond donors (Lipinski definition) is 1. The molecule has 0 spiro atoms. The summed E-state index contributed by atoms with van der Waals surface area (Å²) in [5.41, 5.74) is 0. The maximum absolute atomic E-state index is 4.18. The van der Waals surface area contributed by atoms with Gasteiger partial charge < -0.3 is 9.88 Å². The summed E-state index contributed by atoms with van der Waals surface area (Å²) < 4.78 is 3.02. The molecule has 0 amide bonds. The topological polar surface area (TPSA) is 42.7 Å². The average molecular weight is 245 g/mol. The first kappa shape index (κ1) is 9.15. The monoisotopic (exact) mass is 244 g/mol. The quantitative estimate of drug-likeness (QED) is 0.849. The van der Waals surface area contributed by atoms with Crippen molar-refractivity contribution >= 4 is 15.9 Å². The van der Waals surface area contributed by atoms with Gasteiger partial charge in [0.05, 0.1) is 0 Å². The van der Waals surface area contributed by atoms with Gasteiger partial charge in [0.25, 0.3) is 0 Å². The van der Waals surface area contributed by atoms with Crippen LogP contribution in [0.5, 0.6) is 0 Å². The van der Waals surface area contributed by atoms with Gasteiger partial charge in [-0.05, 0) is 35.8 Å². The third-order valence-electron chi connectivity index (χ3n) is 2.48. The molecule has 1 aliphatic rings. The van der Waals surface area contributed by atoms with Crippen LogP contribution in [0.2, 0.25) is 0 Å². The van der Waals surface area contributed by atoms with Crippen LogP contribution in [0.25, 0.3) is 0 Å². The third-order valence-corrected chi connectivity index (χ3v) is 3.07. The molecule has 72 valence electrons. The van der Waals surface area contributed by atoms with E-state index in [0.29, 0.717) is 5.92 Å².